The Morgan fingerprint density at radius 2 is 2.28 bits per heavy atom. The molecule has 1 aliphatic heterocycles. The highest BCUT2D eigenvalue weighted by molar-refractivity contribution is 5.03. The van der Waals surface area contributed by atoms with Gasteiger partial charge < -0.3 is 15.1 Å². The van der Waals surface area contributed by atoms with E-state index in [1.807, 2.05) is 12.1 Å². The topological polar surface area (TPSA) is 37.2 Å². The van der Waals surface area contributed by atoms with E-state index in [-0.39, 0.29) is 0 Å². The summed E-state index contributed by atoms with van der Waals surface area (Å²) in [6, 6.07) is 5.47. The van der Waals surface area contributed by atoms with Gasteiger partial charge in [-0.2, -0.15) is 0 Å². The van der Waals surface area contributed by atoms with E-state index in [1.54, 1.807) is 6.26 Å². The summed E-state index contributed by atoms with van der Waals surface area (Å²) >= 11 is 0. The predicted octanol–water partition coefficient (Wildman–Crippen LogP) is 3.24. The Labute approximate surface area is 110 Å². The molecule has 0 bridgehead atoms. The van der Waals surface area contributed by atoms with Crippen LogP contribution in [0.5, 0.6) is 0 Å². The van der Waals surface area contributed by atoms with Gasteiger partial charge in [-0.3, -0.25) is 0 Å². The maximum atomic E-state index is 5.43. The zero-order chi connectivity index (χ0) is 12.8. The van der Waals surface area contributed by atoms with E-state index in [2.05, 4.69) is 24.5 Å². The van der Waals surface area contributed by atoms with Crippen LogP contribution >= 0.6 is 0 Å². The van der Waals surface area contributed by atoms with Crippen molar-refractivity contribution in [2.24, 2.45) is 0 Å². The predicted molar refractivity (Wildman–Crippen MR) is 74.6 cm³/mol. The molecule has 3 nitrogen and oxygen atoms in total. The molecule has 18 heavy (non-hydrogen) atoms. The number of nitrogens with one attached hydrogen (secondary N) is 2. The molecule has 0 aromatic carbocycles. The molecule has 0 saturated carbocycles. The van der Waals surface area contributed by atoms with Crippen LogP contribution in [-0.2, 0) is 0 Å². The molecule has 2 rings (SSSR count). The largest absolute Gasteiger partial charge is 0.468 e. The lowest BCUT2D eigenvalue weighted by molar-refractivity contribution is 0.353. The molecule has 2 N–H and O–H groups in total. The third-order valence-electron chi connectivity index (χ3n) is 3.80. The summed E-state index contributed by atoms with van der Waals surface area (Å²) in [4.78, 5) is 0. The Hall–Kier alpha value is -0.800. The van der Waals surface area contributed by atoms with Crippen molar-refractivity contribution >= 4 is 0 Å². The summed E-state index contributed by atoms with van der Waals surface area (Å²) in [7, 11) is 0. The van der Waals surface area contributed by atoms with E-state index in [4.69, 9.17) is 4.42 Å². The van der Waals surface area contributed by atoms with E-state index in [0.29, 0.717) is 18.1 Å². The highest BCUT2D eigenvalue weighted by Crippen LogP contribution is 2.16. The first-order valence-electron chi connectivity index (χ1n) is 7.28. The summed E-state index contributed by atoms with van der Waals surface area (Å²) in [5, 5.41) is 7.27. The fourth-order valence-corrected chi connectivity index (χ4v) is 2.84. The molecule has 2 heterocycles. The first kappa shape index (κ1) is 13.6. The fourth-order valence-electron chi connectivity index (χ4n) is 2.84. The Morgan fingerprint density at radius 1 is 1.39 bits per heavy atom. The smallest absolute Gasteiger partial charge is 0.120 e. The van der Waals surface area contributed by atoms with Gasteiger partial charge >= 0.3 is 0 Å². The van der Waals surface area contributed by atoms with Crippen molar-refractivity contribution in [3.05, 3.63) is 24.2 Å². The summed E-state index contributed by atoms with van der Waals surface area (Å²) in [6.07, 6.45) is 8.35. The first-order valence-corrected chi connectivity index (χ1v) is 7.28. The van der Waals surface area contributed by atoms with Crippen molar-refractivity contribution in [2.75, 3.05) is 6.54 Å². The molecule has 1 aromatic heterocycles. The molecule has 1 saturated heterocycles. The van der Waals surface area contributed by atoms with Crippen molar-refractivity contribution in [1.29, 1.82) is 0 Å². The van der Waals surface area contributed by atoms with E-state index in [0.717, 1.165) is 5.76 Å². The molecule has 0 radical (unpaired) electrons. The second kappa shape index (κ2) is 6.95. The summed E-state index contributed by atoms with van der Waals surface area (Å²) in [5.41, 5.74) is 0. The van der Waals surface area contributed by atoms with Crippen LogP contribution in [0.25, 0.3) is 0 Å². The molecule has 1 aromatic rings. The normalized spacial score (nSPS) is 24.4. The van der Waals surface area contributed by atoms with Crippen LogP contribution in [0.4, 0.5) is 0 Å². The van der Waals surface area contributed by atoms with Crippen LogP contribution in [0.2, 0.25) is 0 Å². The SMILES string of the molecule is CC(CC1CCCCCN1)NC(C)c1ccco1. The van der Waals surface area contributed by atoms with Crippen molar-refractivity contribution < 1.29 is 4.42 Å². The second-order valence-electron chi connectivity index (χ2n) is 5.54. The molecule has 3 unspecified atom stereocenters. The maximum Gasteiger partial charge on any atom is 0.120 e. The molecular weight excluding hydrogens is 224 g/mol. The van der Waals surface area contributed by atoms with Gasteiger partial charge in [0.25, 0.3) is 0 Å². The number of furan rings is 1. The van der Waals surface area contributed by atoms with Gasteiger partial charge in [0.1, 0.15) is 5.76 Å². The minimum absolute atomic E-state index is 0.292. The van der Waals surface area contributed by atoms with Crippen molar-refractivity contribution in [3.63, 3.8) is 0 Å². The average Bonchev–Trinajstić information content (AvgIpc) is 2.76. The molecule has 0 spiro atoms. The first-order chi connectivity index (χ1) is 8.75. The molecule has 0 amide bonds. The van der Waals surface area contributed by atoms with Gasteiger partial charge in [0.15, 0.2) is 0 Å². The fraction of sp³-hybridized carbons (Fsp3) is 0.733. The van der Waals surface area contributed by atoms with Gasteiger partial charge in [-0.25, -0.2) is 0 Å². The third kappa shape index (κ3) is 4.14. The quantitative estimate of drug-likeness (QED) is 0.842. The van der Waals surface area contributed by atoms with E-state index in [9.17, 15) is 0 Å². The summed E-state index contributed by atoms with van der Waals surface area (Å²) in [6.45, 7) is 5.62. The Morgan fingerprint density at radius 3 is 3.06 bits per heavy atom. The summed E-state index contributed by atoms with van der Waals surface area (Å²) in [5.74, 6) is 1.02. The van der Waals surface area contributed by atoms with E-state index >= 15 is 0 Å². The lowest BCUT2D eigenvalue weighted by Crippen LogP contribution is -2.37. The van der Waals surface area contributed by atoms with Crippen LogP contribution in [0, 0.1) is 0 Å². The van der Waals surface area contributed by atoms with Crippen molar-refractivity contribution in [1.82, 2.24) is 10.6 Å². The molecular formula is C15H26N2O. The molecule has 102 valence electrons. The maximum absolute atomic E-state index is 5.43. The molecule has 3 atom stereocenters. The molecule has 0 aliphatic carbocycles. The average molecular weight is 250 g/mol. The zero-order valence-corrected chi connectivity index (χ0v) is 11.6. The van der Waals surface area contributed by atoms with Crippen LogP contribution in [0.3, 0.4) is 0 Å². The minimum atomic E-state index is 0.292. The zero-order valence-electron chi connectivity index (χ0n) is 11.6. The Bertz CT molecular complexity index is 315. The van der Waals surface area contributed by atoms with Gasteiger partial charge in [0.05, 0.1) is 12.3 Å². The number of rotatable bonds is 5. The lowest BCUT2D eigenvalue weighted by atomic mass is 10.0. The molecule has 1 fully saturated rings. The highest BCUT2D eigenvalue weighted by atomic mass is 16.3. The van der Waals surface area contributed by atoms with Crippen LogP contribution in [0.15, 0.2) is 22.8 Å². The van der Waals surface area contributed by atoms with Gasteiger partial charge in [-0.15, -0.1) is 0 Å². The van der Waals surface area contributed by atoms with Gasteiger partial charge in [-0.1, -0.05) is 12.8 Å². The van der Waals surface area contributed by atoms with Gasteiger partial charge in [0.2, 0.25) is 0 Å². The van der Waals surface area contributed by atoms with Gasteiger partial charge in [0, 0.05) is 12.1 Å². The summed E-state index contributed by atoms with van der Waals surface area (Å²) < 4.78 is 5.43. The van der Waals surface area contributed by atoms with Crippen LogP contribution in [0.1, 0.15) is 57.8 Å². The van der Waals surface area contributed by atoms with Gasteiger partial charge in [-0.05, 0) is 51.8 Å². The second-order valence-corrected chi connectivity index (χ2v) is 5.54. The highest BCUT2D eigenvalue weighted by Gasteiger charge is 2.17. The molecule has 1 aliphatic rings. The standard InChI is InChI=1S/C15H26N2O/c1-12(11-14-7-4-3-5-9-16-14)17-13(2)15-8-6-10-18-15/h6,8,10,12-14,16-17H,3-5,7,9,11H2,1-2H3. The van der Waals surface area contributed by atoms with Crippen molar-refractivity contribution in [3.8, 4) is 0 Å². The molecule has 3 heteroatoms. The third-order valence-corrected chi connectivity index (χ3v) is 3.80. The Kier molecular flexibility index (Phi) is 5.26. The number of hydrogen-bond acceptors (Lipinski definition) is 3. The van der Waals surface area contributed by atoms with Crippen molar-refractivity contribution in [2.45, 2.75) is 64.1 Å². The minimum Gasteiger partial charge on any atom is -0.468 e. The van der Waals surface area contributed by atoms with E-state index in [1.165, 1.54) is 38.6 Å². The number of hydrogen-bond donors (Lipinski definition) is 2. The monoisotopic (exact) mass is 250 g/mol. The van der Waals surface area contributed by atoms with Crippen LogP contribution < -0.4 is 10.6 Å². The Balaban J connectivity index is 1.75. The lowest BCUT2D eigenvalue weighted by Gasteiger charge is -2.23. The van der Waals surface area contributed by atoms with Crippen LogP contribution in [-0.4, -0.2) is 18.6 Å². The van der Waals surface area contributed by atoms with E-state index < -0.39 is 0 Å².